The molecule has 0 radical (unpaired) electrons. The summed E-state index contributed by atoms with van der Waals surface area (Å²) in [6.07, 6.45) is 0. The van der Waals surface area contributed by atoms with E-state index in [2.05, 4.69) is 12.3 Å². The average Bonchev–Trinajstić information content (AvgIpc) is 1.65. The maximum Gasteiger partial charge on any atom is 0.0739 e. The van der Waals surface area contributed by atoms with Gasteiger partial charge in [-0.15, -0.1) is 17.3 Å². The Morgan fingerprint density at radius 1 is 1.83 bits per heavy atom. The van der Waals surface area contributed by atoms with Crippen LogP contribution in [0.5, 0.6) is 0 Å². The van der Waals surface area contributed by atoms with Crippen LogP contribution in [0.2, 0.25) is 0 Å². The second-order valence-corrected chi connectivity index (χ2v) is 1.44. The lowest BCUT2D eigenvalue weighted by Gasteiger charge is -1.74. The highest BCUT2D eigenvalue weighted by Gasteiger charge is 1.77. The van der Waals surface area contributed by atoms with Crippen LogP contribution in [0.3, 0.4) is 0 Å². The minimum absolute atomic E-state index is 0.311. The zero-order chi connectivity index (χ0) is 4.99. The molecular weight excluding hydrogens is 119 g/mol. The van der Waals surface area contributed by atoms with E-state index >= 15 is 0 Å². The Labute approximate surface area is 47.1 Å². The van der Waals surface area contributed by atoms with Crippen molar-refractivity contribution in [2.24, 2.45) is 0 Å². The molecule has 2 heteroatoms. The second-order valence-electron chi connectivity index (χ2n) is 0.715. The van der Waals surface area contributed by atoms with Crippen molar-refractivity contribution in [3.63, 3.8) is 0 Å². The quantitative estimate of drug-likeness (QED) is 0.370. The van der Waals surface area contributed by atoms with Crippen molar-refractivity contribution in [2.75, 3.05) is 5.88 Å². The third-order valence-electron chi connectivity index (χ3n) is 0.309. The van der Waals surface area contributed by atoms with E-state index in [-0.39, 0.29) is 0 Å². The second kappa shape index (κ2) is 3.30. The number of hydrogen-bond donors (Lipinski definition) is 0. The fraction of sp³-hybridized carbons (Fsp3) is 0.250. The van der Waals surface area contributed by atoms with E-state index in [1.807, 2.05) is 0 Å². The summed E-state index contributed by atoms with van der Waals surface area (Å²) in [5, 5.41) is 0.469. The van der Waals surface area contributed by atoms with Crippen molar-refractivity contribution in [3.05, 3.63) is 17.3 Å². The SMILES string of the molecule is C=C=C(Cl)CCl. The van der Waals surface area contributed by atoms with Gasteiger partial charge in [0.25, 0.3) is 0 Å². The Kier molecular flexibility index (Phi) is 3.35. The first kappa shape index (κ1) is 6.10. The molecule has 6 heavy (non-hydrogen) atoms. The van der Waals surface area contributed by atoms with Crippen molar-refractivity contribution >= 4 is 23.2 Å². The van der Waals surface area contributed by atoms with Crippen molar-refractivity contribution in [3.8, 4) is 0 Å². The van der Waals surface area contributed by atoms with Crippen molar-refractivity contribution in [1.82, 2.24) is 0 Å². The molecule has 0 nitrogen and oxygen atoms in total. The molecule has 0 spiro atoms. The molecule has 0 aromatic heterocycles. The smallest absolute Gasteiger partial charge is 0.0739 e. The highest BCUT2D eigenvalue weighted by Crippen LogP contribution is 1.98. The van der Waals surface area contributed by atoms with Crippen LogP contribution in [-0.2, 0) is 0 Å². The molecule has 0 aromatic rings. The van der Waals surface area contributed by atoms with Crippen LogP contribution in [-0.4, -0.2) is 5.88 Å². The lowest BCUT2D eigenvalue weighted by molar-refractivity contribution is 1.71. The molecule has 0 aliphatic rings. The van der Waals surface area contributed by atoms with Crippen molar-refractivity contribution < 1.29 is 0 Å². The molecule has 0 N–H and O–H groups in total. The molecule has 0 aromatic carbocycles. The van der Waals surface area contributed by atoms with E-state index in [9.17, 15) is 0 Å². The van der Waals surface area contributed by atoms with Gasteiger partial charge in [0, 0.05) is 0 Å². The lowest BCUT2D eigenvalue weighted by atomic mass is 10.7. The highest BCUT2D eigenvalue weighted by atomic mass is 35.5. The Morgan fingerprint density at radius 3 is 2.33 bits per heavy atom. The Morgan fingerprint density at radius 2 is 2.33 bits per heavy atom. The highest BCUT2D eigenvalue weighted by molar-refractivity contribution is 6.35. The molecule has 0 atom stereocenters. The van der Waals surface area contributed by atoms with Gasteiger partial charge in [0.1, 0.15) is 0 Å². The van der Waals surface area contributed by atoms with Gasteiger partial charge in [-0.05, 0) is 0 Å². The summed E-state index contributed by atoms with van der Waals surface area (Å²) in [7, 11) is 0. The number of hydrogen-bond acceptors (Lipinski definition) is 0. The van der Waals surface area contributed by atoms with Crippen LogP contribution in [0.25, 0.3) is 0 Å². The van der Waals surface area contributed by atoms with Crippen LogP contribution in [0, 0.1) is 0 Å². The lowest BCUT2D eigenvalue weighted by Crippen LogP contribution is -1.62. The normalized spacial score (nSPS) is 7.00. The Bertz CT molecular complexity index is 79.5. The van der Waals surface area contributed by atoms with Gasteiger partial charge in [-0.3, -0.25) is 0 Å². The third kappa shape index (κ3) is 2.34. The summed E-state index contributed by atoms with van der Waals surface area (Å²) in [5.41, 5.74) is 2.41. The molecule has 0 heterocycles. The van der Waals surface area contributed by atoms with Gasteiger partial charge in [-0.25, -0.2) is 0 Å². The maximum absolute atomic E-state index is 5.26. The molecule has 0 aliphatic carbocycles. The zero-order valence-electron chi connectivity index (χ0n) is 3.17. The van der Waals surface area contributed by atoms with Crippen molar-refractivity contribution in [2.45, 2.75) is 0 Å². The van der Waals surface area contributed by atoms with Crippen LogP contribution >= 0.6 is 23.2 Å². The largest absolute Gasteiger partial charge is 0.120 e. The van der Waals surface area contributed by atoms with E-state index in [4.69, 9.17) is 23.2 Å². The number of alkyl halides is 1. The van der Waals surface area contributed by atoms with Gasteiger partial charge in [0.05, 0.1) is 10.9 Å². The standard InChI is InChI=1S/C4H4Cl2/c1-2-4(6)3-5/h1,3H2. The summed E-state index contributed by atoms with van der Waals surface area (Å²) in [6.45, 7) is 3.25. The van der Waals surface area contributed by atoms with E-state index < -0.39 is 0 Å². The molecule has 0 fully saturated rings. The average molecular weight is 123 g/mol. The first-order valence-corrected chi connectivity index (χ1v) is 2.33. The summed E-state index contributed by atoms with van der Waals surface area (Å²) in [5.74, 6) is 0.311. The predicted octanol–water partition coefficient (Wildman–Crippen LogP) is 2.13. The molecule has 0 unspecified atom stereocenters. The molecule has 0 saturated carbocycles. The maximum atomic E-state index is 5.26. The van der Waals surface area contributed by atoms with Gasteiger partial charge in [0.2, 0.25) is 0 Å². The molecule has 0 bridgehead atoms. The molecular formula is C4H4Cl2. The molecule has 34 valence electrons. The molecule has 0 aliphatic heterocycles. The first-order valence-electron chi connectivity index (χ1n) is 1.41. The van der Waals surface area contributed by atoms with Crippen molar-refractivity contribution in [1.29, 1.82) is 0 Å². The fourth-order valence-electron chi connectivity index (χ4n) is 0.0472. The van der Waals surface area contributed by atoms with E-state index in [1.54, 1.807) is 0 Å². The molecule has 0 saturated heterocycles. The minimum Gasteiger partial charge on any atom is -0.120 e. The van der Waals surface area contributed by atoms with Gasteiger partial charge in [-0.1, -0.05) is 18.2 Å². The first-order chi connectivity index (χ1) is 2.81. The Balaban J connectivity index is 3.52. The molecule has 0 rings (SSSR count). The summed E-state index contributed by atoms with van der Waals surface area (Å²) >= 11 is 10.4. The summed E-state index contributed by atoms with van der Waals surface area (Å²) < 4.78 is 0. The van der Waals surface area contributed by atoms with Crippen LogP contribution in [0.1, 0.15) is 0 Å². The molecule has 0 amide bonds. The van der Waals surface area contributed by atoms with Gasteiger partial charge < -0.3 is 0 Å². The minimum atomic E-state index is 0.311. The van der Waals surface area contributed by atoms with E-state index in [0.717, 1.165) is 0 Å². The van der Waals surface area contributed by atoms with Gasteiger partial charge in [-0.2, -0.15) is 0 Å². The Hall–Kier alpha value is 0.100. The zero-order valence-corrected chi connectivity index (χ0v) is 4.68. The topological polar surface area (TPSA) is 0 Å². The summed E-state index contributed by atoms with van der Waals surface area (Å²) in [6, 6.07) is 0. The van der Waals surface area contributed by atoms with E-state index in [1.165, 1.54) is 0 Å². The van der Waals surface area contributed by atoms with Gasteiger partial charge in [0.15, 0.2) is 0 Å². The number of allylic oxidation sites excluding steroid dienone is 1. The van der Waals surface area contributed by atoms with E-state index in [0.29, 0.717) is 10.9 Å². The van der Waals surface area contributed by atoms with Crippen LogP contribution in [0.15, 0.2) is 17.3 Å². The number of halogens is 2. The third-order valence-corrected chi connectivity index (χ3v) is 0.980. The number of rotatable bonds is 1. The summed E-state index contributed by atoms with van der Waals surface area (Å²) in [4.78, 5) is 0. The predicted molar refractivity (Wildman–Crippen MR) is 29.2 cm³/mol. The monoisotopic (exact) mass is 122 g/mol. The van der Waals surface area contributed by atoms with Gasteiger partial charge >= 0.3 is 0 Å². The van der Waals surface area contributed by atoms with Crippen LogP contribution in [0.4, 0.5) is 0 Å². The fourth-order valence-corrected chi connectivity index (χ4v) is 0.142. The van der Waals surface area contributed by atoms with Crippen LogP contribution < -0.4 is 0 Å².